The van der Waals surface area contributed by atoms with E-state index in [0.29, 0.717) is 12.0 Å². The SMILES string of the molecule is Cc1ccc(C(=O)NC(C)CC(O)c2ccccc2)cc1[N+](=O)[O-]. The number of nitrogens with one attached hydrogen (secondary N) is 1. The van der Waals surface area contributed by atoms with Gasteiger partial charge in [-0.1, -0.05) is 36.4 Å². The number of amides is 1. The monoisotopic (exact) mass is 328 g/mol. The Kier molecular flexibility index (Phi) is 5.65. The van der Waals surface area contributed by atoms with Gasteiger partial charge in [0.05, 0.1) is 11.0 Å². The number of carbonyl (C=O) groups is 1. The molecule has 0 heterocycles. The number of aryl methyl sites for hydroxylation is 1. The van der Waals surface area contributed by atoms with Gasteiger partial charge < -0.3 is 10.4 Å². The van der Waals surface area contributed by atoms with Crippen LogP contribution in [-0.2, 0) is 0 Å². The zero-order valence-electron chi connectivity index (χ0n) is 13.6. The molecule has 6 nitrogen and oxygen atoms in total. The van der Waals surface area contributed by atoms with Crippen LogP contribution < -0.4 is 5.32 Å². The van der Waals surface area contributed by atoms with E-state index in [9.17, 15) is 20.0 Å². The van der Waals surface area contributed by atoms with Crippen molar-refractivity contribution in [1.29, 1.82) is 0 Å². The Hall–Kier alpha value is -2.73. The van der Waals surface area contributed by atoms with Crippen molar-refractivity contribution in [2.24, 2.45) is 0 Å². The van der Waals surface area contributed by atoms with Crippen molar-refractivity contribution in [3.8, 4) is 0 Å². The standard InChI is InChI=1S/C18H20N2O4/c1-12-8-9-15(11-16(12)20(23)24)18(22)19-13(2)10-17(21)14-6-4-3-5-7-14/h3-9,11,13,17,21H,10H2,1-2H3,(H,19,22). The normalized spacial score (nSPS) is 13.1. The van der Waals surface area contributed by atoms with Crippen molar-refractivity contribution in [3.05, 3.63) is 75.3 Å². The summed E-state index contributed by atoms with van der Waals surface area (Å²) in [6.07, 6.45) is -0.335. The van der Waals surface area contributed by atoms with Gasteiger partial charge in [0.15, 0.2) is 0 Å². The van der Waals surface area contributed by atoms with E-state index in [4.69, 9.17) is 0 Å². The average molecular weight is 328 g/mol. The van der Waals surface area contributed by atoms with Crippen molar-refractivity contribution in [2.75, 3.05) is 0 Å². The van der Waals surface area contributed by atoms with Crippen LogP contribution in [0, 0.1) is 17.0 Å². The fourth-order valence-corrected chi connectivity index (χ4v) is 2.46. The Morgan fingerprint density at radius 3 is 2.54 bits per heavy atom. The van der Waals surface area contributed by atoms with Gasteiger partial charge in [0.2, 0.25) is 0 Å². The summed E-state index contributed by atoms with van der Waals surface area (Å²) in [4.78, 5) is 22.7. The average Bonchev–Trinajstić information content (AvgIpc) is 2.55. The van der Waals surface area contributed by atoms with Crippen LogP contribution in [0.4, 0.5) is 5.69 Å². The van der Waals surface area contributed by atoms with Crippen molar-refractivity contribution < 1.29 is 14.8 Å². The van der Waals surface area contributed by atoms with E-state index >= 15 is 0 Å². The number of nitro groups is 1. The maximum atomic E-state index is 12.2. The molecule has 1 amide bonds. The molecule has 0 spiro atoms. The Labute approximate surface area is 140 Å². The molecule has 2 N–H and O–H groups in total. The largest absolute Gasteiger partial charge is 0.388 e. The Morgan fingerprint density at radius 1 is 1.25 bits per heavy atom. The second-order valence-corrected chi connectivity index (χ2v) is 5.80. The molecule has 2 atom stereocenters. The van der Waals surface area contributed by atoms with Crippen LogP contribution in [0.5, 0.6) is 0 Å². The number of hydrogen-bond donors (Lipinski definition) is 2. The van der Waals surface area contributed by atoms with E-state index in [0.717, 1.165) is 5.56 Å². The molecule has 0 fully saturated rings. The number of rotatable bonds is 6. The number of hydrogen-bond acceptors (Lipinski definition) is 4. The molecule has 0 radical (unpaired) electrons. The van der Waals surface area contributed by atoms with E-state index in [1.54, 1.807) is 26.0 Å². The molecule has 0 saturated heterocycles. The molecular weight excluding hydrogens is 308 g/mol. The molecule has 0 aliphatic carbocycles. The van der Waals surface area contributed by atoms with E-state index in [-0.39, 0.29) is 17.3 Å². The number of aliphatic hydroxyl groups is 1. The summed E-state index contributed by atoms with van der Waals surface area (Å²) < 4.78 is 0. The number of carbonyl (C=O) groups excluding carboxylic acids is 1. The fraction of sp³-hybridized carbons (Fsp3) is 0.278. The minimum absolute atomic E-state index is 0.0837. The molecule has 0 saturated carbocycles. The van der Waals surface area contributed by atoms with Crippen LogP contribution in [0.2, 0.25) is 0 Å². The molecule has 2 unspecified atom stereocenters. The van der Waals surface area contributed by atoms with Crippen LogP contribution in [-0.4, -0.2) is 22.0 Å². The van der Waals surface area contributed by atoms with Gasteiger partial charge in [0.1, 0.15) is 0 Å². The Balaban J connectivity index is 2.01. The lowest BCUT2D eigenvalue weighted by Crippen LogP contribution is -2.33. The molecule has 2 rings (SSSR count). The molecule has 2 aromatic carbocycles. The lowest BCUT2D eigenvalue weighted by Gasteiger charge is -2.18. The van der Waals surface area contributed by atoms with Gasteiger partial charge in [-0.25, -0.2) is 0 Å². The van der Waals surface area contributed by atoms with Crippen LogP contribution in [0.25, 0.3) is 0 Å². The number of nitro benzene ring substituents is 1. The minimum atomic E-state index is -0.686. The molecule has 126 valence electrons. The van der Waals surface area contributed by atoms with Gasteiger partial charge in [-0.2, -0.15) is 0 Å². The summed E-state index contributed by atoms with van der Waals surface area (Å²) in [5.41, 5.74) is 1.43. The van der Waals surface area contributed by atoms with Crippen molar-refractivity contribution in [3.63, 3.8) is 0 Å². The van der Waals surface area contributed by atoms with E-state index in [1.807, 2.05) is 30.3 Å². The van der Waals surface area contributed by atoms with Crippen molar-refractivity contribution in [1.82, 2.24) is 5.32 Å². The van der Waals surface area contributed by atoms with E-state index in [1.165, 1.54) is 6.07 Å². The minimum Gasteiger partial charge on any atom is -0.388 e. The molecule has 0 aliphatic rings. The zero-order valence-corrected chi connectivity index (χ0v) is 13.6. The summed E-state index contributed by atoms with van der Waals surface area (Å²) in [7, 11) is 0. The highest BCUT2D eigenvalue weighted by Gasteiger charge is 2.18. The molecular formula is C18H20N2O4. The second-order valence-electron chi connectivity index (χ2n) is 5.80. The van der Waals surface area contributed by atoms with Crippen LogP contribution in [0.3, 0.4) is 0 Å². The van der Waals surface area contributed by atoms with Crippen molar-refractivity contribution >= 4 is 11.6 Å². The lowest BCUT2D eigenvalue weighted by atomic mass is 10.0. The maximum Gasteiger partial charge on any atom is 0.273 e. The van der Waals surface area contributed by atoms with Crippen LogP contribution in [0.1, 0.15) is 40.9 Å². The smallest absolute Gasteiger partial charge is 0.273 e. The van der Waals surface area contributed by atoms with E-state index < -0.39 is 16.9 Å². The van der Waals surface area contributed by atoms with E-state index in [2.05, 4.69) is 5.32 Å². The molecule has 0 aliphatic heterocycles. The first-order valence-electron chi connectivity index (χ1n) is 7.67. The number of aliphatic hydroxyl groups excluding tert-OH is 1. The molecule has 2 aromatic rings. The predicted octanol–water partition coefficient (Wildman–Crippen LogP) is 3.15. The van der Waals surface area contributed by atoms with Crippen LogP contribution >= 0.6 is 0 Å². The summed E-state index contributed by atoms with van der Waals surface area (Å²) in [6.45, 7) is 3.41. The third-order valence-corrected chi connectivity index (χ3v) is 3.81. The van der Waals surface area contributed by atoms with Crippen molar-refractivity contribution in [2.45, 2.75) is 32.4 Å². The fourth-order valence-electron chi connectivity index (χ4n) is 2.46. The molecule has 0 bridgehead atoms. The van der Waals surface area contributed by atoms with Gasteiger partial charge in [0.25, 0.3) is 11.6 Å². The summed E-state index contributed by atoms with van der Waals surface area (Å²) in [5.74, 6) is -0.397. The quantitative estimate of drug-likeness (QED) is 0.629. The number of benzene rings is 2. The highest BCUT2D eigenvalue weighted by Crippen LogP contribution is 2.20. The molecule has 24 heavy (non-hydrogen) atoms. The molecule has 6 heteroatoms. The Bertz CT molecular complexity index is 731. The summed E-state index contributed by atoms with van der Waals surface area (Å²) >= 11 is 0. The third kappa shape index (κ3) is 4.39. The van der Waals surface area contributed by atoms with Gasteiger partial charge in [-0.3, -0.25) is 14.9 Å². The highest BCUT2D eigenvalue weighted by atomic mass is 16.6. The Morgan fingerprint density at radius 2 is 1.92 bits per heavy atom. The highest BCUT2D eigenvalue weighted by molar-refractivity contribution is 5.95. The summed E-state index contributed by atoms with van der Waals surface area (Å²) in [6, 6.07) is 13.3. The van der Waals surface area contributed by atoms with Gasteiger partial charge in [0, 0.05) is 23.2 Å². The van der Waals surface area contributed by atoms with Gasteiger partial charge >= 0.3 is 0 Å². The zero-order chi connectivity index (χ0) is 17.7. The predicted molar refractivity (Wildman–Crippen MR) is 90.8 cm³/mol. The van der Waals surface area contributed by atoms with Gasteiger partial charge in [-0.15, -0.1) is 0 Å². The first-order chi connectivity index (χ1) is 11.4. The first-order valence-corrected chi connectivity index (χ1v) is 7.67. The molecule has 0 aromatic heterocycles. The lowest BCUT2D eigenvalue weighted by molar-refractivity contribution is -0.385. The first kappa shape index (κ1) is 17.6. The third-order valence-electron chi connectivity index (χ3n) is 3.81. The topological polar surface area (TPSA) is 92.5 Å². The second kappa shape index (κ2) is 7.70. The van der Waals surface area contributed by atoms with Gasteiger partial charge in [-0.05, 0) is 31.9 Å². The number of nitrogens with zero attached hydrogens (tertiary/aromatic N) is 1. The maximum absolute atomic E-state index is 12.2. The van der Waals surface area contributed by atoms with Crippen LogP contribution in [0.15, 0.2) is 48.5 Å². The summed E-state index contributed by atoms with van der Waals surface area (Å²) in [5, 5.41) is 23.9.